The Hall–Kier alpha value is -2.07. The summed E-state index contributed by atoms with van der Waals surface area (Å²) in [5.41, 5.74) is 1.37. The van der Waals surface area contributed by atoms with Crippen LogP contribution in [0.3, 0.4) is 0 Å². The van der Waals surface area contributed by atoms with Crippen LogP contribution >= 0.6 is 15.9 Å². The van der Waals surface area contributed by atoms with Crippen LogP contribution < -0.4 is 9.47 Å². The van der Waals surface area contributed by atoms with Crippen molar-refractivity contribution in [2.45, 2.75) is 0 Å². The molecule has 0 aliphatic carbocycles. The SMILES string of the molecule is O=C(Oc1ccccc1)C1=Cc2cc(Br)ccc2OC1. The topological polar surface area (TPSA) is 35.5 Å². The molecule has 0 radical (unpaired) electrons. The zero-order valence-electron chi connectivity index (χ0n) is 10.5. The van der Waals surface area contributed by atoms with Gasteiger partial charge in [-0.1, -0.05) is 34.1 Å². The van der Waals surface area contributed by atoms with Crippen molar-refractivity contribution in [3.05, 3.63) is 64.1 Å². The average Bonchev–Trinajstić information content (AvgIpc) is 2.47. The number of benzene rings is 2. The lowest BCUT2D eigenvalue weighted by molar-refractivity contribution is -0.130. The number of carbonyl (C=O) groups excluding carboxylic acids is 1. The summed E-state index contributed by atoms with van der Waals surface area (Å²) in [7, 11) is 0. The molecule has 0 spiro atoms. The van der Waals surface area contributed by atoms with Crippen LogP contribution in [0.15, 0.2) is 58.6 Å². The van der Waals surface area contributed by atoms with Gasteiger partial charge < -0.3 is 9.47 Å². The van der Waals surface area contributed by atoms with E-state index in [0.29, 0.717) is 11.3 Å². The second kappa shape index (κ2) is 5.51. The summed E-state index contributed by atoms with van der Waals surface area (Å²) >= 11 is 3.40. The molecule has 1 heterocycles. The van der Waals surface area contributed by atoms with Gasteiger partial charge in [0.2, 0.25) is 0 Å². The Morgan fingerprint density at radius 2 is 1.95 bits per heavy atom. The highest BCUT2D eigenvalue weighted by molar-refractivity contribution is 9.10. The van der Waals surface area contributed by atoms with Gasteiger partial charge in [-0.2, -0.15) is 0 Å². The van der Waals surface area contributed by atoms with E-state index in [1.807, 2.05) is 36.4 Å². The first-order valence-electron chi connectivity index (χ1n) is 6.12. The van der Waals surface area contributed by atoms with Gasteiger partial charge in [-0.25, -0.2) is 4.79 Å². The summed E-state index contributed by atoms with van der Waals surface area (Å²) < 4.78 is 11.8. The number of hydrogen-bond acceptors (Lipinski definition) is 3. The highest BCUT2D eigenvalue weighted by Gasteiger charge is 2.19. The fourth-order valence-corrected chi connectivity index (χ4v) is 2.31. The Morgan fingerprint density at radius 3 is 2.75 bits per heavy atom. The highest BCUT2D eigenvalue weighted by atomic mass is 79.9. The molecule has 0 aromatic heterocycles. The van der Waals surface area contributed by atoms with E-state index in [9.17, 15) is 4.79 Å². The third-order valence-corrected chi connectivity index (χ3v) is 3.39. The minimum Gasteiger partial charge on any atom is -0.488 e. The third kappa shape index (κ3) is 2.75. The second-order valence-electron chi connectivity index (χ2n) is 4.34. The number of esters is 1. The molecule has 100 valence electrons. The molecule has 0 bridgehead atoms. The molecule has 1 aliphatic heterocycles. The molecule has 0 amide bonds. The first kappa shape index (κ1) is 12.9. The standard InChI is InChI=1S/C16H11BrO3/c17-13-6-7-15-11(9-13)8-12(10-19-15)16(18)20-14-4-2-1-3-5-14/h1-9H,10H2. The summed E-state index contributed by atoms with van der Waals surface area (Å²) in [5.74, 6) is 0.907. The van der Waals surface area contributed by atoms with Crippen molar-refractivity contribution in [1.29, 1.82) is 0 Å². The Labute approximate surface area is 125 Å². The summed E-state index contributed by atoms with van der Waals surface area (Å²) in [5, 5.41) is 0. The van der Waals surface area contributed by atoms with E-state index in [-0.39, 0.29) is 12.6 Å². The van der Waals surface area contributed by atoms with Gasteiger partial charge in [0.1, 0.15) is 18.1 Å². The maximum absolute atomic E-state index is 12.1. The predicted molar refractivity (Wildman–Crippen MR) is 79.7 cm³/mol. The number of rotatable bonds is 2. The van der Waals surface area contributed by atoms with Crippen LogP contribution in [-0.2, 0) is 4.79 Å². The van der Waals surface area contributed by atoms with Crippen molar-refractivity contribution < 1.29 is 14.3 Å². The highest BCUT2D eigenvalue weighted by Crippen LogP contribution is 2.29. The lowest BCUT2D eigenvalue weighted by atomic mass is 10.1. The molecular weight excluding hydrogens is 320 g/mol. The van der Waals surface area contributed by atoms with Crippen LogP contribution in [-0.4, -0.2) is 12.6 Å². The number of ether oxygens (including phenoxy) is 2. The third-order valence-electron chi connectivity index (χ3n) is 2.90. The Morgan fingerprint density at radius 1 is 1.15 bits per heavy atom. The molecule has 1 aliphatic rings. The molecule has 2 aromatic rings. The van der Waals surface area contributed by atoms with Crippen LogP contribution in [0.2, 0.25) is 0 Å². The lowest BCUT2D eigenvalue weighted by Crippen LogP contribution is -2.19. The molecule has 20 heavy (non-hydrogen) atoms. The van der Waals surface area contributed by atoms with E-state index in [1.54, 1.807) is 18.2 Å². The molecule has 2 aromatic carbocycles. The molecule has 4 heteroatoms. The van der Waals surface area contributed by atoms with Crippen molar-refractivity contribution >= 4 is 28.0 Å². The van der Waals surface area contributed by atoms with Crippen LogP contribution in [0.5, 0.6) is 11.5 Å². The van der Waals surface area contributed by atoms with Crippen LogP contribution in [0.25, 0.3) is 6.08 Å². The largest absolute Gasteiger partial charge is 0.488 e. The minimum absolute atomic E-state index is 0.223. The number of hydrogen-bond donors (Lipinski definition) is 0. The zero-order chi connectivity index (χ0) is 13.9. The Balaban J connectivity index is 1.83. The number of halogens is 1. The number of para-hydroxylation sites is 1. The smallest absolute Gasteiger partial charge is 0.342 e. The Kier molecular flexibility index (Phi) is 3.56. The van der Waals surface area contributed by atoms with E-state index in [0.717, 1.165) is 15.8 Å². The summed E-state index contributed by atoms with van der Waals surface area (Å²) in [6, 6.07) is 14.7. The van der Waals surface area contributed by atoms with Crippen molar-refractivity contribution in [3.8, 4) is 11.5 Å². The van der Waals surface area contributed by atoms with Crippen molar-refractivity contribution in [1.82, 2.24) is 0 Å². The summed E-state index contributed by atoms with van der Waals surface area (Å²) in [4.78, 5) is 12.1. The molecule has 0 fully saturated rings. The van der Waals surface area contributed by atoms with Crippen molar-refractivity contribution in [3.63, 3.8) is 0 Å². The molecule has 3 nitrogen and oxygen atoms in total. The van der Waals surface area contributed by atoms with Crippen molar-refractivity contribution in [2.75, 3.05) is 6.61 Å². The van der Waals surface area contributed by atoms with Gasteiger partial charge in [-0.3, -0.25) is 0 Å². The van der Waals surface area contributed by atoms with E-state index < -0.39 is 0 Å². The maximum Gasteiger partial charge on any atom is 0.342 e. The second-order valence-corrected chi connectivity index (χ2v) is 5.26. The fraction of sp³-hybridized carbons (Fsp3) is 0.0625. The fourth-order valence-electron chi connectivity index (χ4n) is 1.93. The van der Waals surface area contributed by atoms with E-state index in [2.05, 4.69) is 15.9 Å². The number of carbonyl (C=O) groups is 1. The van der Waals surface area contributed by atoms with Crippen LogP contribution in [0.4, 0.5) is 0 Å². The first-order valence-corrected chi connectivity index (χ1v) is 6.92. The van der Waals surface area contributed by atoms with E-state index >= 15 is 0 Å². The van der Waals surface area contributed by atoms with Crippen molar-refractivity contribution in [2.24, 2.45) is 0 Å². The van der Waals surface area contributed by atoms with Crippen LogP contribution in [0, 0.1) is 0 Å². The zero-order valence-corrected chi connectivity index (χ0v) is 12.1. The van der Waals surface area contributed by atoms with E-state index in [1.165, 1.54) is 0 Å². The number of fused-ring (bicyclic) bond motifs is 1. The first-order chi connectivity index (χ1) is 9.72. The van der Waals surface area contributed by atoms with Gasteiger partial charge >= 0.3 is 5.97 Å². The maximum atomic E-state index is 12.1. The van der Waals surface area contributed by atoms with E-state index in [4.69, 9.17) is 9.47 Å². The van der Waals surface area contributed by atoms with Crippen LogP contribution in [0.1, 0.15) is 5.56 Å². The van der Waals surface area contributed by atoms with Gasteiger partial charge in [0, 0.05) is 10.0 Å². The normalized spacial score (nSPS) is 12.9. The summed E-state index contributed by atoms with van der Waals surface area (Å²) in [6.45, 7) is 0.223. The Bertz CT molecular complexity index is 677. The minimum atomic E-state index is -0.387. The van der Waals surface area contributed by atoms with Gasteiger partial charge in [0.05, 0.1) is 5.57 Å². The van der Waals surface area contributed by atoms with Gasteiger partial charge in [-0.05, 0) is 36.4 Å². The molecule has 0 saturated carbocycles. The quantitative estimate of drug-likeness (QED) is 0.620. The van der Waals surface area contributed by atoms with Gasteiger partial charge in [0.15, 0.2) is 0 Å². The van der Waals surface area contributed by atoms with Gasteiger partial charge in [-0.15, -0.1) is 0 Å². The molecule has 0 unspecified atom stereocenters. The monoisotopic (exact) mass is 330 g/mol. The van der Waals surface area contributed by atoms with Gasteiger partial charge in [0.25, 0.3) is 0 Å². The lowest BCUT2D eigenvalue weighted by Gasteiger charge is -2.17. The molecular formula is C16H11BrO3. The predicted octanol–water partition coefficient (Wildman–Crippen LogP) is 3.83. The summed E-state index contributed by atoms with van der Waals surface area (Å²) in [6.07, 6.45) is 1.80. The average molecular weight is 331 g/mol. The molecule has 3 rings (SSSR count). The molecule has 0 atom stereocenters. The molecule has 0 N–H and O–H groups in total. The molecule has 0 saturated heterocycles.